The van der Waals surface area contributed by atoms with Gasteiger partial charge in [0.2, 0.25) is 0 Å². The molecule has 150 valence electrons. The number of carbonyl (C=O) groups excluding carboxylic acids is 1. The van der Waals surface area contributed by atoms with Gasteiger partial charge < -0.3 is 16.0 Å². The molecule has 8 heteroatoms. The Morgan fingerprint density at radius 1 is 1.03 bits per heavy atom. The van der Waals surface area contributed by atoms with Crippen molar-refractivity contribution in [3.05, 3.63) is 81.5 Å². The standard InChI is InChI=1S/C22H18IN5OS/c1-14-8-9-16(25-21(29)26-18-7-3-2-6-17(18)23)11-19(14)27-22-28-20(13-30-22)15-5-4-10-24-12-15/h2-13H,1H3,(H,27,28)(H2,25,26,29). The number of anilines is 4. The van der Waals surface area contributed by atoms with Gasteiger partial charge in [0.05, 0.1) is 11.4 Å². The first-order valence-corrected chi connectivity index (χ1v) is 11.1. The minimum atomic E-state index is -0.290. The predicted octanol–water partition coefficient (Wildman–Crippen LogP) is 6.51. The maximum Gasteiger partial charge on any atom is 0.323 e. The second kappa shape index (κ2) is 9.23. The van der Waals surface area contributed by atoms with E-state index in [9.17, 15) is 4.79 Å². The summed E-state index contributed by atoms with van der Waals surface area (Å²) in [5.41, 5.74) is 5.24. The third kappa shape index (κ3) is 4.95. The van der Waals surface area contributed by atoms with Crippen LogP contribution in [0.2, 0.25) is 0 Å². The molecule has 0 atom stereocenters. The highest BCUT2D eigenvalue weighted by atomic mass is 127. The summed E-state index contributed by atoms with van der Waals surface area (Å²) in [6.07, 6.45) is 3.53. The molecule has 4 rings (SSSR count). The first-order valence-electron chi connectivity index (χ1n) is 9.14. The van der Waals surface area contributed by atoms with Gasteiger partial charge >= 0.3 is 6.03 Å². The minimum absolute atomic E-state index is 0.290. The van der Waals surface area contributed by atoms with Gasteiger partial charge in [-0.25, -0.2) is 9.78 Å². The van der Waals surface area contributed by atoms with Crippen LogP contribution in [-0.2, 0) is 0 Å². The van der Waals surface area contributed by atoms with Gasteiger partial charge in [-0.2, -0.15) is 0 Å². The summed E-state index contributed by atoms with van der Waals surface area (Å²) >= 11 is 3.71. The summed E-state index contributed by atoms with van der Waals surface area (Å²) in [4.78, 5) is 21.2. The molecule has 0 aliphatic carbocycles. The number of pyridine rings is 1. The van der Waals surface area contributed by atoms with E-state index in [0.29, 0.717) is 5.69 Å². The highest BCUT2D eigenvalue weighted by Crippen LogP contribution is 2.29. The number of aryl methyl sites for hydroxylation is 1. The second-order valence-electron chi connectivity index (χ2n) is 6.49. The summed E-state index contributed by atoms with van der Waals surface area (Å²) in [6.45, 7) is 2.01. The molecule has 0 aliphatic heterocycles. The molecule has 2 amide bonds. The molecule has 0 spiro atoms. The number of para-hydroxylation sites is 1. The average Bonchev–Trinajstić information content (AvgIpc) is 3.21. The van der Waals surface area contributed by atoms with Crippen molar-refractivity contribution in [3.8, 4) is 11.3 Å². The molecule has 0 bridgehead atoms. The zero-order chi connectivity index (χ0) is 20.9. The summed E-state index contributed by atoms with van der Waals surface area (Å²) < 4.78 is 0.977. The van der Waals surface area contributed by atoms with Gasteiger partial charge in [0.25, 0.3) is 0 Å². The number of benzene rings is 2. The van der Waals surface area contributed by atoms with E-state index in [1.165, 1.54) is 11.3 Å². The van der Waals surface area contributed by atoms with Crippen molar-refractivity contribution in [1.82, 2.24) is 9.97 Å². The quantitative estimate of drug-likeness (QED) is 0.259. The number of nitrogens with zero attached hydrogens (tertiary/aromatic N) is 2. The zero-order valence-electron chi connectivity index (χ0n) is 16.0. The molecule has 2 aromatic carbocycles. The van der Waals surface area contributed by atoms with Gasteiger partial charge in [-0.05, 0) is 71.5 Å². The number of urea groups is 1. The van der Waals surface area contributed by atoms with Gasteiger partial charge in [0.15, 0.2) is 5.13 Å². The van der Waals surface area contributed by atoms with Crippen molar-refractivity contribution >= 4 is 62.2 Å². The maximum atomic E-state index is 12.4. The summed E-state index contributed by atoms with van der Waals surface area (Å²) in [5, 5.41) is 11.9. The highest BCUT2D eigenvalue weighted by Gasteiger charge is 2.09. The van der Waals surface area contributed by atoms with Gasteiger partial charge in [-0.3, -0.25) is 4.98 Å². The van der Waals surface area contributed by atoms with Crippen LogP contribution in [0.4, 0.5) is 27.0 Å². The fraction of sp³-hybridized carbons (Fsp3) is 0.0455. The highest BCUT2D eigenvalue weighted by molar-refractivity contribution is 14.1. The Labute approximate surface area is 191 Å². The van der Waals surface area contributed by atoms with Crippen LogP contribution in [-0.4, -0.2) is 16.0 Å². The molecule has 0 unspecified atom stereocenters. The first-order chi connectivity index (χ1) is 14.6. The largest absolute Gasteiger partial charge is 0.331 e. The fourth-order valence-corrected chi connectivity index (χ4v) is 4.03. The Bertz CT molecular complexity index is 1180. The SMILES string of the molecule is Cc1ccc(NC(=O)Nc2ccccc2I)cc1Nc1nc(-c2cccnc2)cs1. The van der Waals surface area contributed by atoms with Crippen LogP contribution >= 0.6 is 33.9 Å². The number of halogens is 1. The fourth-order valence-electron chi connectivity index (χ4n) is 2.77. The Hall–Kier alpha value is -2.98. The topological polar surface area (TPSA) is 78.9 Å². The number of hydrogen-bond acceptors (Lipinski definition) is 5. The number of amides is 2. The van der Waals surface area contributed by atoms with Crippen molar-refractivity contribution in [2.75, 3.05) is 16.0 Å². The van der Waals surface area contributed by atoms with Crippen LogP contribution < -0.4 is 16.0 Å². The Kier molecular flexibility index (Phi) is 6.24. The molecule has 3 N–H and O–H groups in total. The molecule has 0 fully saturated rings. The lowest BCUT2D eigenvalue weighted by Crippen LogP contribution is -2.20. The molecule has 30 heavy (non-hydrogen) atoms. The third-order valence-electron chi connectivity index (χ3n) is 4.32. The predicted molar refractivity (Wildman–Crippen MR) is 132 cm³/mol. The number of carbonyl (C=O) groups is 1. The van der Waals surface area contributed by atoms with Gasteiger partial charge in [-0.15, -0.1) is 11.3 Å². The van der Waals surface area contributed by atoms with Crippen molar-refractivity contribution in [2.24, 2.45) is 0 Å². The van der Waals surface area contributed by atoms with Crippen LogP contribution in [0.5, 0.6) is 0 Å². The average molecular weight is 527 g/mol. The summed E-state index contributed by atoms with van der Waals surface area (Å²) in [7, 11) is 0. The van der Waals surface area contributed by atoms with Crippen LogP contribution in [0.25, 0.3) is 11.3 Å². The summed E-state index contributed by atoms with van der Waals surface area (Å²) in [6, 6.07) is 16.9. The van der Waals surface area contributed by atoms with Crippen LogP contribution in [0.3, 0.4) is 0 Å². The first kappa shape index (κ1) is 20.3. The molecule has 4 aromatic rings. The Balaban J connectivity index is 1.46. The van der Waals surface area contributed by atoms with E-state index in [-0.39, 0.29) is 6.03 Å². The second-order valence-corrected chi connectivity index (χ2v) is 8.51. The van der Waals surface area contributed by atoms with Crippen molar-refractivity contribution in [2.45, 2.75) is 6.92 Å². The van der Waals surface area contributed by atoms with E-state index >= 15 is 0 Å². The number of aromatic nitrogens is 2. The third-order valence-corrected chi connectivity index (χ3v) is 6.02. The van der Waals surface area contributed by atoms with E-state index in [1.54, 1.807) is 12.4 Å². The smallest absolute Gasteiger partial charge is 0.323 e. The van der Waals surface area contributed by atoms with E-state index < -0.39 is 0 Å². The van der Waals surface area contributed by atoms with E-state index in [4.69, 9.17) is 0 Å². The van der Waals surface area contributed by atoms with E-state index in [1.807, 2.05) is 66.9 Å². The zero-order valence-corrected chi connectivity index (χ0v) is 19.0. The molecule has 2 aromatic heterocycles. The number of hydrogen-bond donors (Lipinski definition) is 3. The lowest BCUT2D eigenvalue weighted by atomic mass is 10.2. The molecule has 2 heterocycles. The molecular formula is C22H18IN5OS. The van der Waals surface area contributed by atoms with Gasteiger partial charge in [0.1, 0.15) is 0 Å². The number of nitrogens with one attached hydrogen (secondary N) is 3. The Morgan fingerprint density at radius 3 is 2.70 bits per heavy atom. The van der Waals surface area contributed by atoms with Crippen molar-refractivity contribution in [1.29, 1.82) is 0 Å². The molecule has 0 saturated carbocycles. The Morgan fingerprint density at radius 2 is 1.90 bits per heavy atom. The van der Waals surface area contributed by atoms with Gasteiger partial charge in [-0.1, -0.05) is 18.2 Å². The van der Waals surface area contributed by atoms with E-state index in [0.717, 1.165) is 36.9 Å². The van der Waals surface area contributed by atoms with E-state index in [2.05, 4.69) is 48.5 Å². The van der Waals surface area contributed by atoms with Crippen LogP contribution in [0.1, 0.15) is 5.56 Å². The molecule has 0 saturated heterocycles. The van der Waals surface area contributed by atoms with Crippen LogP contribution in [0.15, 0.2) is 72.4 Å². The minimum Gasteiger partial charge on any atom is -0.331 e. The lowest BCUT2D eigenvalue weighted by molar-refractivity contribution is 0.262. The number of thiazole rings is 1. The molecular weight excluding hydrogens is 509 g/mol. The number of rotatable bonds is 5. The van der Waals surface area contributed by atoms with Crippen molar-refractivity contribution in [3.63, 3.8) is 0 Å². The molecule has 6 nitrogen and oxygen atoms in total. The molecule has 0 radical (unpaired) electrons. The molecule has 0 aliphatic rings. The summed E-state index contributed by atoms with van der Waals surface area (Å²) in [5.74, 6) is 0. The van der Waals surface area contributed by atoms with Gasteiger partial charge in [0, 0.05) is 38.3 Å². The van der Waals surface area contributed by atoms with Crippen molar-refractivity contribution < 1.29 is 4.79 Å². The lowest BCUT2D eigenvalue weighted by Gasteiger charge is -2.12. The maximum absolute atomic E-state index is 12.4. The monoisotopic (exact) mass is 527 g/mol. The normalized spacial score (nSPS) is 10.5. The van der Waals surface area contributed by atoms with Crippen LogP contribution in [0, 0.1) is 10.5 Å².